The smallest absolute Gasteiger partial charge is 0.254 e. The standard InChI is InChI=1S/C14H19FN2O2/c1-8-5-11(16)6-12(13(8)15)14(18)17-9(2)10-3-4-19-7-10/h5-6,9-10H,3-4,7,16H2,1-2H3,(H,17,18). The van der Waals surface area contributed by atoms with Gasteiger partial charge in [-0.15, -0.1) is 0 Å². The first-order valence-corrected chi connectivity index (χ1v) is 6.43. The summed E-state index contributed by atoms with van der Waals surface area (Å²) in [4.78, 5) is 12.1. The van der Waals surface area contributed by atoms with E-state index in [1.54, 1.807) is 6.92 Å². The predicted octanol–water partition coefficient (Wildman–Crippen LogP) is 1.87. The number of carbonyl (C=O) groups excluding carboxylic acids is 1. The molecule has 1 fully saturated rings. The molecule has 1 aliphatic heterocycles. The Balaban J connectivity index is 2.11. The van der Waals surface area contributed by atoms with Crippen LogP contribution in [0.1, 0.15) is 29.3 Å². The lowest BCUT2D eigenvalue weighted by atomic mass is 10.00. The molecular formula is C14H19FN2O2. The first kappa shape index (κ1) is 13.8. The fourth-order valence-corrected chi connectivity index (χ4v) is 2.31. The fraction of sp³-hybridized carbons (Fsp3) is 0.500. The second-order valence-electron chi connectivity index (χ2n) is 5.09. The number of amides is 1. The molecule has 0 aliphatic carbocycles. The second-order valence-corrected chi connectivity index (χ2v) is 5.09. The number of hydrogen-bond acceptors (Lipinski definition) is 3. The van der Waals surface area contributed by atoms with Crippen LogP contribution in [0.4, 0.5) is 10.1 Å². The van der Waals surface area contributed by atoms with Crippen molar-refractivity contribution in [2.24, 2.45) is 5.92 Å². The van der Waals surface area contributed by atoms with Gasteiger partial charge in [-0.3, -0.25) is 4.79 Å². The summed E-state index contributed by atoms with van der Waals surface area (Å²) in [6.07, 6.45) is 0.917. The van der Waals surface area contributed by atoms with E-state index in [2.05, 4.69) is 5.32 Å². The number of nitrogens with one attached hydrogen (secondary N) is 1. The van der Waals surface area contributed by atoms with Gasteiger partial charge in [0.25, 0.3) is 5.91 Å². The van der Waals surface area contributed by atoms with Gasteiger partial charge in [-0.2, -0.15) is 0 Å². The van der Waals surface area contributed by atoms with Crippen LogP contribution in [-0.2, 0) is 4.74 Å². The molecule has 1 aromatic carbocycles. The molecule has 1 aromatic rings. The highest BCUT2D eigenvalue weighted by atomic mass is 19.1. The van der Waals surface area contributed by atoms with Crippen molar-refractivity contribution in [1.82, 2.24) is 5.32 Å². The van der Waals surface area contributed by atoms with Gasteiger partial charge in [0, 0.05) is 24.3 Å². The van der Waals surface area contributed by atoms with Crippen LogP contribution in [0.5, 0.6) is 0 Å². The van der Waals surface area contributed by atoms with Gasteiger partial charge in [-0.25, -0.2) is 4.39 Å². The Morgan fingerprint density at radius 2 is 2.32 bits per heavy atom. The van der Waals surface area contributed by atoms with E-state index in [-0.39, 0.29) is 17.5 Å². The maximum atomic E-state index is 13.9. The van der Waals surface area contributed by atoms with Gasteiger partial charge in [0.15, 0.2) is 0 Å². The van der Waals surface area contributed by atoms with Gasteiger partial charge >= 0.3 is 0 Å². The molecule has 1 aliphatic rings. The van der Waals surface area contributed by atoms with E-state index in [9.17, 15) is 9.18 Å². The van der Waals surface area contributed by atoms with E-state index >= 15 is 0 Å². The molecule has 19 heavy (non-hydrogen) atoms. The Morgan fingerprint density at radius 3 is 2.95 bits per heavy atom. The highest BCUT2D eigenvalue weighted by molar-refractivity contribution is 5.95. The monoisotopic (exact) mass is 266 g/mol. The Hall–Kier alpha value is -1.62. The third-order valence-corrected chi connectivity index (χ3v) is 3.55. The normalized spacial score (nSPS) is 20.3. The average Bonchev–Trinajstić information content (AvgIpc) is 2.87. The van der Waals surface area contributed by atoms with E-state index in [1.165, 1.54) is 12.1 Å². The molecule has 5 heteroatoms. The van der Waals surface area contributed by atoms with Crippen LogP contribution in [-0.4, -0.2) is 25.2 Å². The number of nitrogen functional groups attached to an aromatic ring is 1. The summed E-state index contributed by atoms with van der Waals surface area (Å²) in [5.74, 6) is -0.650. The Bertz CT molecular complexity index is 485. The molecule has 0 radical (unpaired) electrons. The predicted molar refractivity (Wildman–Crippen MR) is 71.4 cm³/mol. The number of carbonyl (C=O) groups is 1. The van der Waals surface area contributed by atoms with Crippen LogP contribution in [0.15, 0.2) is 12.1 Å². The number of ether oxygens (including phenoxy) is 1. The van der Waals surface area contributed by atoms with Crippen molar-refractivity contribution in [3.63, 3.8) is 0 Å². The van der Waals surface area contributed by atoms with Crippen LogP contribution in [0, 0.1) is 18.7 Å². The minimum absolute atomic E-state index is 0.00302. The summed E-state index contributed by atoms with van der Waals surface area (Å²) in [6, 6.07) is 2.84. The Labute approximate surface area is 112 Å². The summed E-state index contributed by atoms with van der Waals surface area (Å²) < 4.78 is 19.2. The lowest BCUT2D eigenvalue weighted by Gasteiger charge is -2.19. The van der Waals surface area contributed by atoms with E-state index in [0.29, 0.717) is 17.9 Å². The number of hydrogen-bond donors (Lipinski definition) is 2. The quantitative estimate of drug-likeness (QED) is 0.821. The largest absolute Gasteiger partial charge is 0.399 e. The number of aryl methyl sites for hydroxylation is 1. The summed E-state index contributed by atoms with van der Waals surface area (Å²) in [5, 5.41) is 2.82. The topological polar surface area (TPSA) is 64.4 Å². The summed E-state index contributed by atoms with van der Waals surface area (Å²) in [6.45, 7) is 4.86. The molecule has 1 saturated heterocycles. The second kappa shape index (κ2) is 5.57. The van der Waals surface area contributed by atoms with Crippen molar-refractivity contribution in [1.29, 1.82) is 0 Å². The Kier molecular flexibility index (Phi) is 4.04. The molecular weight excluding hydrogens is 247 g/mol. The average molecular weight is 266 g/mol. The number of rotatable bonds is 3. The van der Waals surface area contributed by atoms with E-state index in [0.717, 1.165) is 13.0 Å². The number of benzene rings is 1. The lowest BCUT2D eigenvalue weighted by Crippen LogP contribution is -2.38. The minimum atomic E-state index is -0.512. The molecule has 1 heterocycles. The van der Waals surface area contributed by atoms with Crippen molar-refractivity contribution in [3.8, 4) is 0 Å². The Morgan fingerprint density at radius 1 is 1.58 bits per heavy atom. The first-order valence-electron chi connectivity index (χ1n) is 6.43. The third kappa shape index (κ3) is 3.04. The fourth-order valence-electron chi connectivity index (χ4n) is 2.31. The highest BCUT2D eigenvalue weighted by Gasteiger charge is 2.25. The summed E-state index contributed by atoms with van der Waals surface area (Å²) >= 11 is 0. The minimum Gasteiger partial charge on any atom is -0.399 e. The zero-order valence-electron chi connectivity index (χ0n) is 11.2. The third-order valence-electron chi connectivity index (χ3n) is 3.55. The van der Waals surface area contributed by atoms with Gasteiger partial charge in [0.05, 0.1) is 12.2 Å². The maximum absolute atomic E-state index is 13.9. The lowest BCUT2D eigenvalue weighted by molar-refractivity contribution is 0.0918. The molecule has 3 N–H and O–H groups in total. The summed E-state index contributed by atoms with van der Waals surface area (Å²) in [7, 11) is 0. The van der Waals surface area contributed by atoms with Crippen LogP contribution < -0.4 is 11.1 Å². The molecule has 0 spiro atoms. The first-order chi connectivity index (χ1) is 8.99. The molecule has 2 unspecified atom stereocenters. The van der Waals surface area contributed by atoms with Crippen molar-refractivity contribution in [2.45, 2.75) is 26.3 Å². The zero-order valence-corrected chi connectivity index (χ0v) is 11.2. The number of anilines is 1. The van der Waals surface area contributed by atoms with E-state index in [1.807, 2.05) is 6.92 Å². The zero-order chi connectivity index (χ0) is 14.0. The molecule has 2 atom stereocenters. The molecule has 0 saturated carbocycles. The molecule has 1 amide bonds. The van der Waals surface area contributed by atoms with Crippen LogP contribution in [0.2, 0.25) is 0 Å². The van der Waals surface area contributed by atoms with Gasteiger partial charge in [0.2, 0.25) is 0 Å². The van der Waals surface area contributed by atoms with Crippen LogP contribution in [0.25, 0.3) is 0 Å². The maximum Gasteiger partial charge on any atom is 0.254 e. The van der Waals surface area contributed by atoms with Crippen LogP contribution >= 0.6 is 0 Å². The van der Waals surface area contributed by atoms with Crippen molar-refractivity contribution in [2.75, 3.05) is 18.9 Å². The van der Waals surface area contributed by atoms with Gasteiger partial charge in [-0.1, -0.05) is 0 Å². The SMILES string of the molecule is Cc1cc(N)cc(C(=O)NC(C)C2CCOC2)c1F. The molecule has 0 bridgehead atoms. The van der Waals surface area contributed by atoms with Crippen LogP contribution in [0.3, 0.4) is 0 Å². The van der Waals surface area contributed by atoms with Crippen molar-refractivity contribution < 1.29 is 13.9 Å². The molecule has 104 valence electrons. The number of nitrogens with two attached hydrogens (primary N) is 1. The van der Waals surface area contributed by atoms with Crippen molar-refractivity contribution >= 4 is 11.6 Å². The van der Waals surface area contributed by atoms with Crippen molar-refractivity contribution in [3.05, 3.63) is 29.1 Å². The molecule has 2 rings (SSSR count). The van der Waals surface area contributed by atoms with Gasteiger partial charge in [0.1, 0.15) is 5.82 Å². The van der Waals surface area contributed by atoms with E-state index in [4.69, 9.17) is 10.5 Å². The number of halogens is 1. The van der Waals surface area contributed by atoms with E-state index < -0.39 is 11.7 Å². The molecule has 4 nitrogen and oxygen atoms in total. The van der Waals surface area contributed by atoms with Gasteiger partial charge < -0.3 is 15.8 Å². The highest BCUT2D eigenvalue weighted by Crippen LogP contribution is 2.19. The van der Waals surface area contributed by atoms with Gasteiger partial charge in [-0.05, 0) is 38.0 Å². The summed E-state index contributed by atoms with van der Waals surface area (Å²) in [5.41, 5.74) is 6.42. The molecule has 0 aromatic heterocycles.